The minimum Gasteiger partial charge on any atom is -0.490 e. The summed E-state index contributed by atoms with van der Waals surface area (Å²) in [6.07, 6.45) is 1.76. The van der Waals surface area contributed by atoms with Crippen LogP contribution in [0.5, 0.6) is 11.5 Å². The molecule has 2 N–H and O–H groups in total. The third-order valence-electron chi connectivity index (χ3n) is 4.98. The summed E-state index contributed by atoms with van der Waals surface area (Å²) in [7, 11) is 0. The van der Waals surface area contributed by atoms with E-state index in [9.17, 15) is 9.59 Å². The highest BCUT2D eigenvalue weighted by atomic mass is 79.9. The summed E-state index contributed by atoms with van der Waals surface area (Å²) in [5.41, 5.74) is 3.33. The summed E-state index contributed by atoms with van der Waals surface area (Å²) in [5, 5.41) is 6.10. The smallest absolute Gasteiger partial charge is 0.264 e. The lowest BCUT2D eigenvalue weighted by molar-refractivity contribution is -0.118. The number of hydrogen-bond donors (Lipinski definition) is 2. The topological polar surface area (TPSA) is 89.0 Å². The maximum atomic E-state index is 12.6. The number of anilines is 1. The number of hydrogen-bond acceptors (Lipinski definition) is 6. The van der Waals surface area contributed by atoms with E-state index in [-0.39, 0.29) is 18.4 Å². The second-order valence-corrected chi connectivity index (χ2v) is 9.66. The number of rotatable bonds is 8. The van der Waals surface area contributed by atoms with Crippen molar-refractivity contribution in [3.8, 4) is 11.5 Å². The number of amides is 2. The highest BCUT2D eigenvalue weighted by Gasteiger charge is 2.24. The van der Waals surface area contributed by atoms with E-state index in [1.54, 1.807) is 30.3 Å². The zero-order chi connectivity index (χ0) is 25.5. The lowest BCUT2D eigenvalue weighted by atomic mass is 10.2. The number of benzene rings is 3. The van der Waals surface area contributed by atoms with Gasteiger partial charge in [-0.1, -0.05) is 51.8 Å². The maximum Gasteiger partial charge on any atom is 0.264 e. The molecule has 1 heterocycles. The number of ether oxygens (including phenoxy) is 2. The van der Waals surface area contributed by atoms with Crippen molar-refractivity contribution in [2.24, 2.45) is 4.99 Å². The van der Waals surface area contributed by atoms with E-state index in [1.807, 2.05) is 56.3 Å². The molecule has 1 saturated heterocycles. The van der Waals surface area contributed by atoms with Gasteiger partial charge in [0, 0.05) is 10.2 Å². The molecule has 9 heteroatoms. The van der Waals surface area contributed by atoms with Crippen molar-refractivity contribution in [1.29, 1.82) is 0 Å². The Balaban J connectivity index is 1.49. The first-order valence-electron chi connectivity index (χ1n) is 11.2. The molecule has 3 aromatic rings. The molecule has 1 fully saturated rings. The average Bonchev–Trinajstić information content (AvgIpc) is 3.20. The van der Waals surface area contributed by atoms with Crippen molar-refractivity contribution >= 4 is 62.1 Å². The van der Waals surface area contributed by atoms with Gasteiger partial charge in [0.1, 0.15) is 0 Å². The van der Waals surface area contributed by atoms with Crippen molar-refractivity contribution in [3.63, 3.8) is 0 Å². The molecular formula is C27H24BrN3O4S. The molecule has 1 aliphatic heterocycles. The lowest BCUT2D eigenvalue weighted by Gasteiger charge is -2.14. The number of amidine groups is 1. The number of nitrogens with zero attached hydrogens (tertiary/aromatic N) is 1. The summed E-state index contributed by atoms with van der Waals surface area (Å²) in [4.78, 5) is 29.9. The van der Waals surface area contributed by atoms with Crippen LogP contribution >= 0.6 is 27.7 Å². The van der Waals surface area contributed by atoms with Gasteiger partial charge >= 0.3 is 0 Å². The number of thioether (sulfide) groups is 1. The van der Waals surface area contributed by atoms with Crippen LogP contribution in [0, 0.1) is 6.92 Å². The van der Waals surface area contributed by atoms with Gasteiger partial charge in [0.25, 0.3) is 11.8 Å². The molecule has 184 valence electrons. The molecule has 0 spiro atoms. The average molecular weight is 566 g/mol. The summed E-state index contributed by atoms with van der Waals surface area (Å²) in [6, 6.07) is 20.4. The summed E-state index contributed by atoms with van der Waals surface area (Å²) >= 11 is 4.81. The number of aryl methyl sites for hydroxylation is 1. The number of nitrogens with one attached hydrogen (secondary N) is 2. The largest absolute Gasteiger partial charge is 0.490 e. The predicted molar refractivity (Wildman–Crippen MR) is 148 cm³/mol. The molecule has 0 aromatic heterocycles. The monoisotopic (exact) mass is 565 g/mol. The molecular weight excluding hydrogens is 542 g/mol. The number of halogens is 1. The Morgan fingerprint density at radius 3 is 2.53 bits per heavy atom. The molecule has 36 heavy (non-hydrogen) atoms. The van der Waals surface area contributed by atoms with Crippen molar-refractivity contribution in [1.82, 2.24) is 5.32 Å². The molecule has 0 bridgehead atoms. The molecule has 0 saturated carbocycles. The molecule has 7 nitrogen and oxygen atoms in total. The van der Waals surface area contributed by atoms with Gasteiger partial charge in [0.15, 0.2) is 23.3 Å². The molecule has 3 aromatic carbocycles. The van der Waals surface area contributed by atoms with Gasteiger partial charge in [0.2, 0.25) is 0 Å². The van der Waals surface area contributed by atoms with Crippen molar-refractivity contribution in [2.75, 3.05) is 18.5 Å². The Morgan fingerprint density at radius 1 is 1.08 bits per heavy atom. The fraction of sp³-hybridized carbons (Fsp3) is 0.148. The highest BCUT2D eigenvalue weighted by Crippen LogP contribution is 2.37. The van der Waals surface area contributed by atoms with Gasteiger partial charge < -0.3 is 20.1 Å². The molecule has 4 rings (SSSR count). The van der Waals surface area contributed by atoms with Crippen LogP contribution in [0.2, 0.25) is 0 Å². The van der Waals surface area contributed by atoms with E-state index in [2.05, 4.69) is 31.6 Å². The number of para-hydroxylation sites is 1. The molecule has 0 unspecified atom stereocenters. The van der Waals surface area contributed by atoms with Crippen LogP contribution < -0.4 is 20.1 Å². The van der Waals surface area contributed by atoms with Crippen molar-refractivity contribution < 1.29 is 19.1 Å². The van der Waals surface area contributed by atoms with Crippen molar-refractivity contribution in [3.05, 3.63) is 87.2 Å². The first kappa shape index (κ1) is 25.5. The number of carbonyl (C=O) groups excluding carboxylic acids is 2. The molecule has 1 aliphatic rings. The second kappa shape index (κ2) is 11.9. The third kappa shape index (κ3) is 6.77. The normalized spacial score (nSPS) is 15.1. The van der Waals surface area contributed by atoms with Gasteiger partial charge in [-0.05, 0) is 73.6 Å². The minimum atomic E-state index is -0.287. The van der Waals surface area contributed by atoms with E-state index < -0.39 is 0 Å². The van der Waals surface area contributed by atoms with E-state index >= 15 is 0 Å². The Bertz CT molecular complexity index is 1320. The Labute approximate surface area is 222 Å². The van der Waals surface area contributed by atoms with Gasteiger partial charge in [-0.3, -0.25) is 9.59 Å². The standard InChI is InChI=1S/C27H24BrN3O4S/c1-3-34-22-13-18(14-24-26(33)31-27(36-24)30-20-11-9-17(2)10-12-20)21(28)15-23(22)35-16-25(32)29-19-7-5-4-6-8-19/h4-15H,3,16H2,1-2H3,(H,29,32)(H,30,31,33)/b24-14+. The first-order chi connectivity index (χ1) is 17.4. The third-order valence-corrected chi connectivity index (χ3v) is 6.58. The quantitative estimate of drug-likeness (QED) is 0.324. The van der Waals surface area contributed by atoms with E-state index in [0.717, 1.165) is 16.8 Å². The fourth-order valence-corrected chi connectivity index (χ4v) is 4.53. The van der Waals surface area contributed by atoms with E-state index in [4.69, 9.17) is 9.47 Å². The van der Waals surface area contributed by atoms with Gasteiger partial charge in [-0.25, -0.2) is 4.99 Å². The summed E-state index contributed by atoms with van der Waals surface area (Å²) in [5.74, 6) is 0.371. The minimum absolute atomic E-state index is 0.182. The first-order valence-corrected chi connectivity index (χ1v) is 12.8. The van der Waals surface area contributed by atoms with Gasteiger partial charge in [0.05, 0.1) is 17.2 Å². The summed E-state index contributed by atoms with van der Waals surface area (Å²) in [6.45, 7) is 4.10. The number of aliphatic imine (C=N–C) groups is 1. The highest BCUT2D eigenvalue weighted by molar-refractivity contribution is 9.10. The van der Waals surface area contributed by atoms with Crippen LogP contribution in [0.3, 0.4) is 0 Å². The van der Waals surface area contributed by atoms with Crippen LogP contribution in [-0.2, 0) is 9.59 Å². The molecule has 0 atom stereocenters. The summed E-state index contributed by atoms with van der Waals surface area (Å²) < 4.78 is 12.2. The maximum absolute atomic E-state index is 12.6. The lowest BCUT2D eigenvalue weighted by Crippen LogP contribution is -2.20. The zero-order valence-corrected chi connectivity index (χ0v) is 22.1. The molecule has 0 aliphatic carbocycles. The van der Waals surface area contributed by atoms with Crippen LogP contribution in [0.4, 0.5) is 11.4 Å². The van der Waals surface area contributed by atoms with E-state index in [1.165, 1.54) is 11.8 Å². The zero-order valence-electron chi connectivity index (χ0n) is 19.7. The second-order valence-electron chi connectivity index (χ2n) is 7.77. The Hall–Kier alpha value is -3.56. The van der Waals surface area contributed by atoms with Gasteiger partial charge in [-0.15, -0.1) is 0 Å². The Kier molecular flexibility index (Phi) is 8.45. The van der Waals surface area contributed by atoms with Crippen LogP contribution in [0.15, 0.2) is 81.1 Å². The Morgan fingerprint density at radius 2 is 1.81 bits per heavy atom. The van der Waals surface area contributed by atoms with Crippen LogP contribution in [-0.4, -0.2) is 30.2 Å². The van der Waals surface area contributed by atoms with Gasteiger partial charge in [-0.2, -0.15) is 0 Å². The van der Waals surface area contributed by atoms with Crippen LogP contribution in [0.25, 0.3) is 6.08 Å². The SMILES string of the molecule is CCOc1cc(/C=C2/SC(=Nc3ccc(C)cc3)NC2=O)c(Br)cc1OCC(=O)Nc1ccccc1. The number of carbonyl (C=O) groups is 2. The predicted octanol–water partition coefficient (Wildman–Crippen LogP) is 6.07. The van der Waals surface area contributed by atoms with Crippen LogP contribution in [0.1, 0.15) is 18.1 Å². The van der Waals surface area contributed by atoms with Crippen molar-refractivity contribution in [2.45, 2.75) is 13.8 Å². The molecule has 0 radical (unpaired) electrons. The fourth-order valence-electron chi connectivity index (χ4n) is 3.26. The van der Waals surface area contributed by atoms with E-state index in [0.29, 0.717) is 38.3 Å². The molecule has 2 amide bonds.